The first-order valence-electron chi connectivity index (χ1n) is 15.6. The molecule has 1 nitrogen and oxygen atoms in total. The quantitative estimate of drug-likeness (QED) is 0.210. The molecule has 0 amide bonds. The van der Waals surface area contributed by atoms with Crippen molar-refractivity contribution >= 4 is 11.4 Å². The van der Waals surface area contributed by atoms with E-state index in [0.717, 1.165) is 6.42 Å². The van der Waals surface area contributed by atoms with E-state index in [4.69, 9.17) is 0 Å². The van der Waals surface area contributed by atoms with E-state index >= 15 is 0 Å². The zero-order valence-corrected chi connectivity index (χ0v) is 25.3. The lowest BCUT2D eigenvalue weighted by molar-refractivity contribution is 0.598. The molecule has 0 N–H and O–H groups in total. The molecule has 2 aliphatic carbocycles. The standard InChI is InChI=1S/C42H35N/c1-41(2)34-16-8-7-14-30(34)31-22-20-27(25-37(31)41)29-13-6-5-12-28(29)26-21-23-38-33(24-26)32-15-11-18-36-40(32)43(38)39-19-10-9-17-35(39)42(36,3)4/h5-14,16-25,32H,15H2,1-4H3. The highest BCUT2D eigenvalue weighted by Crippen LogP contribution is 2.60. The first-order valence-corrected chi connectivity index (χ1v) is 15.6. The van der Waals surface area contributed by atoms with Crippen LogP contribution in [-0.4, -0.2) is 0 Å². The molecule has 5 aromatic carbocycles. The number of para-hydroxylation sites is 1. The van der Waals surface area contributed by atoms with Gasteiger partial charge in [0.15, 0.2) is 0 Å². The summed E-state index contributed by atoms with van der Waals surface area (Å²) in [7, 11) is 0. The summed E-state index contributed by atoms with van der Waals surface area (Å²) in [6.07, 6.45) is 5.84. The van der Waals surface area contributed by atoms with Crippen molar-refractivity contribution in [3.05, 3.63) is 155 Å². The molecule has 0 radical (unpaired) electrons. The summed E-state index contributed by atoms with van der Waals surface area (Å²) in [6, 6.07) is 41.2. The Morgan fingerprint density at radius 2 is 1.19 bits per heavy atom. The lowest BCUT2D eigenvalue weighted by atomic mass is 9.70. The minimum atomic E-state index is -0.0178. The van der Waals surface area contributed by atoms with Crippen molar-refractivity contribution in [1.29, 1.82) is 0 Å². The summed E-state index contributed by atoms with van der Waals surface area (Å²) >= 11 is 0. The van der Waals surface area contributed by atoms with Crippen molar-refractivity contribution in [2.24, 2.45) is 0 Å². The second kappa shape index (κ2) is 8.48. The Balaban J connectivity index is 1.19. The highest BCUT2D eigenvalue weighted by Gasteiger charge is 2.46. The number of nitrogens with zero attached hydrogens (tertiary/aromatic N) is 1. The van der Waals surface area contributed by atoms with Gasteiger partial charge >= 0.3 is 0 Å². The molecular formula is C42H35N. The molecule has 43 heavy (non-hydrogen) atoms. The summed E-state index contributed by atoms with van der Waals surface area (Å²) in [5.74, 6) is 0.383. The zero-order valence-electron chi connectivity index (χ0n) is 25.3. The lowest BCUT2D eigenvalue weighted by Crippen LogP contribution is -2.33. The molecule has 208 valence electrons. The molecule has 4 aliphatic rings. The van der Waals surface area contributed by atoms with Crippen LogP contribution in [0.5, 0.6) is 0 Å². The van der Waals surface area contributed by atoms with Crippen molar-refractivity contribution in [3.8, 4) is 33.4 Å². The van der Waals surface area contributed by atoms with E-state index in [1.807, 2.05) is 0 Å². The van der Waals surface area contributed by atoms with Crippen molar-refractivity contribution in [1.82, 2.24) is 0 Å². The lowest BCUT2D eigenvalue weighted by Gasteiger charge is -2.42. The molecule has 1 heteroatoms. The van der Waals surface area contributed by atoms with Gasteiger partial charge in [-0.05, 0) is 91.9 Å². The third kappa shape index (κ3) is 3.23. The van der Waals surface area contributed by atoms with E-state index in [-0.39, 0.29) is 10.8 Å². The largest absolute Gasteiger partial charge is 0.313 e. The van der Waals surface area contributed by atoms with E-state index in [1.165, 1.54) is 78.3 Å². The SMILES string of the molecule is CC1(C)C2=C3C(CC=C2)c2cc(-c4ccccc4-c4ccc5c(c4)C(C)(C)c4ccccc4-5)ccc2N3c2ccccc21. The zero-order chi connectivity index (χ0) is 29.1. The number of allylic oxidation sites excluding steroid dienone is 4. The maximum Gasteiger partial charge on any atom is 0.0499 e. The van der Waals surface area contributed by atoms with Gasteiger partial charge in [-0.3, -0.25) is 0 Å². The van der Waals surface area contributed by atoms with Gasteiger partial charge in [0.1, 0.15) is 0 Å². The highest BCUT2D eigenvalue weighted by molar-refractivity contribution is 5.91. The third-order valence-electron chi connectivity index (χ3n) is 10.8. The van der Waals surface area contributed by atoms with Gasteiger partial charge in [0, 0.05) is 33.8 Å². The van der Waals surface area contributed by atoms with E-state index in [0.29, 0.717) is 5.92 Å². The fourth-order valence-corrected chi connectivity index (χ4v) is 8.58. The molecule has 0 saturated carbocycles. The molecule has 1 unspecified atom stereocenters. The summed E-state index contributed by atoms with van der Waals surface area (Å²) in [6.45, 7) is 9.51. The molecular weight excluding hydrogens is 518 g/mol. The summed E-state index contributed by atoms with van der Waals surface area (Å²) < 4.78 is 0. The molecule has 5 aromatic rings. The van der Waals surface area contributed by atoms with E-state index < -0.39 is 0 Å². The second-order valence-corrected chi connectivity index (χ2v) is 13.7. The Labute approximate surface area is 254 Å². The minimum absolute atomic E-state index is 0.0147. The normalized spacial score (nSPS) is 19.4. The molecule has 9 rings (SSSR count). The number of hydrogen-bond donors (Lipinski definition) is 0. The van der Waals surface area contributed by atoms with Crippen molar-refractivity contribution in [2.75, 3.05) is 4.90 Å². The van der Waals surface area contributed by atoms with Gasteiger partial charge in [-0.15, -0.1) is 0 Å². The molecule has 0 saturated heterocycles. The topological polar surface area (TPSA) is 3.24 Å². The van der Waals surface area contributed by atoms with Gasteiger partial charge in [0.05, 0.1) is 0 Å². The molecule has 2 heterocycles. The fourth-order valence-electron chi connectivity index (χ4n) is 8.58. The van der Waals surface area contributed by atoms with Gasteiger partial charge in [-0.2, -0.15) is 0 Å². The molecule has 1 atom stereocenters. The maximum atomic E-state index is 2.56. The molecule has 0 aromatic heterocycles. The average Bonchev–Trinajstić information content (AvgIpc) is 3.49. The van der Waals surface area contributed by atoms with E-state index in [9.17, 15) is 0 Å². The minimum Gasteiger partial charge on any atom is -0.313 e. The molecule has 2 aliphatic heterocycles. The molecule has 0 bridgehead atoms. The maximum absolute atomic E-state index is 2.56. The van der Waals surface area contributed by atoms with Crippen molar-refractivity contribution < 1.29 is 0 Å². The summed E-state index contributed by atoms with van der Waals surface area (Å²) in [5, 5.41) is 0. The predicted octanol–water partition coefficient (Wildman–Crippen LogP) is 11.1. The number of fused-ring (bicyclic) bond motifs is 8. The summed E-state index contributed by atoms with van der Waals surface area (Å²) in [5.41, 5.74) is 19.2. The highest BCUT2D eigenvalue weighted by atomic mass is 15.2. The van der Waals surface area contributed by atoms with Crippen LogP contribution in [0.15, 0.2) is 133 Å². The Bertz CT molecular complexity index is 2070. The number of hydrogen-bond acceptors (Lipinski definition) is 1. The van der Waals surface area contributed by atoms with Gasteiger partial charge in [0.2, 0.25) is 0 Å². The number of benzene rings is 5. The van der Waals surface area contributed by atoms with Crippen LogP contribution >= 0.6 is 0 Å². The van der Waals surface area contributed by atoms with Crippen LogP contribution in [0.4, 0.5) is 11.4 Å². The number of rotatable bonds is 2. The van der Waals surface area contributed by atoms with Crippen LogP contribution in [0.1, 0.15) is 62.3 Å². The first-order chi connectivity index (χ1) is 20.9. The van der Waals surface area contributed by atoms with Crippen LogP contribution in [0.2, 0.25) is 0 Å². The van der Waals surface area contributed by atoms with Crippen molar-refractivity contribution in [3.63, 3.8) is 0 Å². The molecule has 0 fully saturated rings. The van der Waals surface area contributed by atoms with Crippen LogP contribution in [0, 0.1) is 0 Å². The first kappa shape index (κ1) is 24.9. The number of anilines is 2. The van der Waals surface area contributed by atoms with E-state index in [2.05, 4.69) is 154 Å². The van der Waals surface area contributed by atoms with Crippen LogP contribution in [0.3, 0.4) is 0 Å². The van der Waals surface area contributed by atoms with Crippen LogP contribution in [-0.2, 0) is 10.8 Å². The van der Waals surface area contributed by atoms with Gasteiger partial charge in [0.25, 0.3) is 0 Å². The average molecular weight is 554 g/mol. The fraction of sp³-hybridized carbons (Fsp3) is 0.190. The van der Waals surface area contributed by atoms with Crippen LogP contribution < -0.4 is 4.90 Å². The van der Waals surface area contributed by atoms with Crippen LogP contribution in [0.25, 0.3) is 33.4 Å². The van der Waals surface area contributed by atoms with E-state index in [1.54, 1.807) is 0 Å². The van der Waals surface area contributed by atoms with Gasteiger partial charge in [-0.25, -0.2) is 0 Å². The summed E-state index contributed by atoms with van der Waals surface area (Å²) in [4.78, 5) is 2.56. The smallest absolute Gasteiger partial charge is 0.0499 e. The Hall–Kier alpha value is -4.62. The van der Waals surface area contributed by atoms with Gasteiger partial charge in [-0.1, -0.05) is 125 Å². The predicted molar refractivity (Wildman–Crippen MR) is 180 cm³/mol. The van der Waals surface area contributed by atoms with Gasteiger partial charge < -0.3 is 4.90 Å². The van der Waals surface area contributed by atoms with Crippen molar-refractivity contribution in [2.45, 2.75) is 50.9 Å². The second-order valence-electron chi connectivity index (χ2n) is 13.7. The Morgan fingerprint density at radius 1 is 0.558 bits per heavy atom. The Kier molecular flexibility index (Phi) is 4.92. The third-order valence-corrected chi connectivity index (χ3v) is 10.8. The monoisotopic (exact) mass is 553 g/mol. The Morgan fingerprint density at radius 3 is 1.98 bits per heavy atom. The molecule has 0 spiro atoms.